The van der Waals surface area contributed by atoms with Gasteiger partial charge in [0.25, 0.3) is 5.91 Å². The minimum Gasteiger partial charge on any atom is -0.418 e. The second kappa shape index (κ2) is 9.08. The molecule has 0 radical (unpaired) electrons. The summed E-state index contributed by atoms with van der Waals surface area (Å²) in [6, 6.07) is 19.5. The Hall–Kier alpha value is -3.43. The Labute approximate surface area is 202 Å². The van der Waals surface area contributed by atoms with Crippen molar-refractivity contribution >= 4 is 33.0 Å². The average Bonchev–Trinajstić information content (AvgIpc) is 3.55. The van der Waals surface area contributed by atoms with Crippen molar-refractivity contribution in [2.45, 2.75) is 16.8 Å². The highest BCUT2D eigenvalue weighted by atomic mass is 32.2. The van der Waals surface area contributed by atoms with Gasteiger partial charge < -0.3 is 14.2 Å². The molecule has 0 spiro atoms. The van der Waals surface area contributed by atoms with Crippen LogP contribution in [0.3, 0.4) is 0 Å². The fourth-order valence-electron chi connectivity index (χ4n) is 3.99. The molecule has 7 nitrogen and oxygen atoms in total. The Morgan fingerprint density at radius 1 is 0.941 bits per heavy atom. The first kappa shape index (κ1) is 22.4. The lowest BCUT2D eigenvalue weighted by Crippen LogP contribution is -2.49. The van der Waals surface area contributed by atoms with Crippen LogP contribution < -0.4 is 4.90 Å². The van der Waals surface area contributed by atoms with Gasteiger partial charge in [0, 0.05) is 31.7 Å². The largest absolute Gasteiger partial charge is 0.418 e. The molecule has 1 aliphatic rings. The molecule has 0 N–H and O–H groups in total. The summed E-state index contributed by atoms with van der Waals surface area (Å²) in [6.07, 6.45) is 0. The summed E-state index contributed by atoms with van der Waals surface area (Å²) in [6.45, 7) is 3.70. The summed E-state index contributed by atoms with van der Waals surface area (Å²) < 4.78 is 33.0. The van der Waals surface area contributed by atoms with E-state index in [1.165, 1.54) is 11.3 Å². The van der Waals surface area contributed by atoms with Gasteiger partial charge in [-0.3, -0.25) is 4.79 Å². The molecule has 3 heterocycles. The number of amides is 1. The van der Waals surface area contributed by atoms with E-state index < -0.39 is 9.84 Å². The molecule has 1 fully saturated rings. The van der Waals surface area contributed by atoms with Crippen LogP contribution in [0.1, 0.15) is 15.9 Å². The number of carbonyl (C=O) groups is 1. The number of thiophene rings is 1. The molecule has 0 saturated carbocycles. The summed E-state index contributed by atoms with van der Waals surface area (Å²) in [5, 5.41) is 1.79. The summed E-state index contributed by atoms with van der Waals surface area (Å²) in [5.74, 6) is 0.472. The van der Waals surface area contributed by atoms with Crippen LogP contribution in [0.5, 0.6) is 0 Å². The summed E-state index contributed by atoms with van der Waals surface area (Å²) in [7, 11) is -3.89. The van der Waals surface area contributed by atoms with Crippen molar-refractivity contribution < 1.29 is 17.6 Å². The summed E-state index contributed by atoms with van der Waals surface area (Å²) in [5.41, 5.74) is 1.62. The third-order valence-corrected chi connectivity index (χ3v) is 8.37. The summed E-state index contributed by atoms with van der Waals surface area (Å²) in [4.78, 5) is 22.0. The zero-order valence-electron chi connectivity index (χ0n) is 18.5. The van der Waals surface area contributed by atoms with Crippen molar-refractivity contribution in [2.24, 2.45) is 0 Å². The van der Waals surface area contributed by atoms with E-state index in [-0.39, 0.29) is 27.6 Å². The second-order valence-corrected chi connectivity index (χ2v) is 10.8. The third-order valence-electron chi connectivity index (χ3n) is 5.85. The number of aromatic nitrogens is 1. The minimum absolute atomic E-state index is 0.0216. The quantitative estimate of drug-likeness (QED) is 0.407. The van der Waals surface area contributed by atoms with E-state index in [2.05, 4.69) is 4.98 Å². The molecule has 1 aliphatic heterocycles. The van der Waals surface area contributed by atoms with E-state index in [4.69, 9.17) is 4.42 Å². The van der Waals surface area contributed by atoms with Crippen molar-refractivity contribution in [1.29, 1.82) is 0 Å². The zero-order chi connectivity index (χ0) is 23.7. The zero-order valence-corrected chi connectivity index (χ0v) is 20.2. The van der Waals surface area contributed by atoms with Crippen LogP contribution in [0.15, 0.2) is 86.4 Å². The molecule has 2 aromatic heterocycles. The lowest BCUT2D eigenvalue weighted by atomic mass is 10.1. The van der Waals surface area contributed by atoms with Crippen molar-refractivity contribution in [3.63, 3.8) is 0 Å². The monoisotopic (exact) mass is 493 g/mol. The van der Waals surface area contributed by atoms with E-state index in [1.807, 2.05) is 53.6 Å². The van der Waals surface area contributed by atoms with Gasteiger partial charge in [-0.2, -0.15) is 4.98 Å². The fraction of sp³-hybridized carbons (Fsp3) is 0.200. The Bertz CT molecular complexity index is 1410. The van der Waals surface area contributed by atoms with Gasteiger partial charge in [-0.15, -0.1) is 11.3 Å². The lowest BCUT2D eigenvalue weighted by molar-refractivity contribution is 0.0744. The van der Waals surface area contributed by atoms with Crippen LogP contribution in [0.25, 0.3) is 10.8 Å². The Morgan fingerprint density at radius 3 is 2.32 bits per heavy atom. The smallest absolute Gasteiger partial charge is 0.254 e. The van der Waals surface area contributed by atoms with Crippen molar-refractivity contribution in [2.75, 3.05) is 31.1 Å². The number of rotatable bonds is 5. The highest BCUT2D eigenvalue weighted by Crippen LogP contribution is 2.36. The maximum Gasteiger partial charge on any atom is 0.254 e. The molecule has 174 valence electrons. The first-order chi connectivity index (χ1) is 16.4. The van der Waals surface area contributed by atoms with Gasteiger partial charge >= 0.3 is 0 Å². The summed E-state index contributed by atoms with van der Waals surface area (Å²) >= 11 is 1.43. The van der Waals surface area contributed by atoms with Gasteiger partial charge in [0.2, 0.25) is 26.6 Å². The van der Waals surface area contributed by atoms with Crippen LogP contribution in [-0.4, -0.2) is 50.4 Å². The topological polar surface area (TPSA) is 83.7 Å². The molecule has 2 aromatic carbocycles. The molecule has 5 rings (SSSR count). The van der Waals surface area contributed by atoms with Crippen LogP contribution in [0.4, 0.5) is 5.88 Å². The number of nitrogens with zero attached hydrogens (tertiary/aromatic N) is 3. The number of aryl methyl sites for hydroxylation is 1. The van der Waals surface area contributed by atoms with Gasteiger partial charge in [0.1, 0.15) is 0 Å². The molecule has 1 saturated heterocycles. The number of carbonyl (C=O) groups excluding carboxylic acids is 1. The molecule has 1 amide bonds. The van der Waals surface area contributed by atoms with Crippen LogP contribution >= 0.6 is 11.3 Å². The Balaban J connectivity index is 1.45. The Kier molecular flexibility index (Phi) is 5.97. The first-order valence-corrected chi connectivity index (χ1v) is 13.3. The number of piperazine rings is 1. The van der Waals surface area contributed by atoms with E-state index in [0.29, 0.717) is 31.7 Å². The van der Waals surface area contributed by atoms with Crippen molar-refractivity contribution in [3.8, 4) is 10.8 Å². The van der Waals surface area contributed by atoms with Gasteiger partial charge in [-0.1, -0.05) is 42.5 Å². The van der Waals surface area contributed by atoms with Gasteiger partial charge in [0.15, 0.2) is 0 Å². The Morgan fingerprint density at radius 2 is 1.65 bits per heavy atom. The highest BCUT2D eigenvalue weighted by Gasteiger charge is 2.33. The maximum absolute atomic E-state index is 13.5. The van der Waals surface area contributed by atoms with Gasteiger partial charge in [-0.05, 0) is 42.1 Å². The minimum atomic E-state index is -3.89. The van der Waals surface area contributed by atoms with E-state index >= 15 is 0 Å². The molecule has 34 heavy (non-hydrogen) atoms. The average molecular weight is 494 g/mol. The molecule has 4 aromatic rings. The van der Waals surface area contributed by atoms with Crippen molar-refractivity contribution in [1.82, 2.24) is 9.88 Å². The predicted molar refractivity (Wildman–Crippen MR) is 131 cm³/mol. The first-order valence-electron chi connectivity index (χ1n) is 10.9. The third kappa shape index (κ3) is 4.12. The molecule has 0 unspecified atom stereocenters. The number of sulfone groups is 1. The van der Waals surface area contributed by atoms with Crippen LogP contribution in [0.2, 0.25) is 0 Å². The molecule has 0 bridgehead atoms. The molecule has 0 atom stereocenters. The van der Waals surface area contributed by atoms with E-state index in [0.717, 1.165) is 10.4 Å². The predicted octanol–water partition coefficient (Wildman–Crippen LogP) is 4.51. The van der Waals surface area contributed by atoms with Crippen LogP contribution in [-0.2, 0) is 9.84 Å². The molecule has 9 heteroatoms. The number of benzene rings is 2. The highest BCUT2D eigenvalue weighted by molar-refractivity contribution is 7.91. The SMILES string of the molecule is Cc1ccccc1C(=O)N1CCN(c2oc(-c3cccs3)nc2S(=O)(=O)c2ccccc2)CC1. The fourth-order valence-corrected chi connectivity index (χ4v) is 5.98. The normalized spacial score (nSPS) is 14.4. The van der Waals surface area contributed by atoms with E-state index in [1.54, 1.807) is 35.2 Å². The van der Waals surface area contributed by atoms with E-state index in [9.17, 15) is 13.2 Å². The lowest BCUT2D eigenvalue weighted by Gasteiger charge is -2.35. The van der Waals surface area contributed by atoms with Gasteiger partial charge in [0.05, 0.1) is 9.77 Å². The number of hydrogen-bond acceptors (Lipinski definition) is 7. The molecule has 0 aliphatic carbocycles. The van der Waals surface area contributed by atoms with Gasteiger partial charge in [-0.25, -0.2) is 8.42 Å². The molecular weight excluding hydrogens is 470 g/mol. The number of hydrogen-bond donors (Lipinski definition) is 0. The van der Waals surface area contributed by atoms with Crippen molar-refractivity contribution in [3.05, 3.63) is 83.2 Å². The van der Waals surface area contributed by atoms with Crippen LogP contribution in [0, 0.1) is 6.92 Å². The maximum atomic E-state index is 13.5. The standard InChI is InChI=1S/C25H23N3O4S2/c1-18-8-5-6-11-20(18)24(29)27-13-15-28(16-14-27)25-23(26-22(32-25)21-12-7-17-33-21)34(30,31)19-9-3-2-4-10-19/h2-12,17H,13-16H2,1H3. The number of oxazole rings is 1. The molecular formula is C25H23N3O4S2. The second-order valence-electron chi connectivity index (χ2n) is 8.02. The number of anilines is 1.